The molecule has 23 heavy (non-hydrogen) atoms. The summed E-state index contributed by atoms with van der Waals surface area (Å²) in [7, 11) is 3.71. The molecule has 1 amide bonds. The molecule has 122 valence electrons. The minimum absolute atomic E-state index is 0.0417. The molecule has 2 aromatic carbocycles. The van der Waals surface area contributed by atoms with Crippen molar-refractivity contribution in [3.63, 3.8) is 0 Å². The van der Waals surface area contributed by atoms with E-state index in [0.717, 1.165) is 17.2 Å². The zero-order valence-corrected chi connectivity index (χ0v) is 13.5. The van der Waals surface area contributed by atoms with Gasteiger partial charge in [-0.2, -0.15) is 0 Å². The van der Waals surface area contributed by atoms with Crippen LogP contribution in [-0.2, 0) is 4.79 Å². The van der Waals surface area contributed by atoms with Gasteiger partial charge in [-0.25, -0.2) is 0 Å². The average molecular weight is 314 g/mol. The lowest BCUT2D eigenvalue weighted by molar-refractivity contribution is -0.116. The summed E-state index contributed by atoms with van der Waals surface area (Å²) in [6, 6.07) is 16.9. The number of nitrogens with zero attached hydrogens (tertiary/aromatic N) is 1. The summed E-state index contributed by atoms with van der Waals surface area (Å²) in [6.07, 6.45) is 0. The van der Waals surface area contributed by atoms with E-state index in [0.29, 0.717) is 19.8 Å². The second-order valence-electron chi connectivity index (χ2n) is 5.32. The predicted molar refractivity (Wildman–Crippen MR) is 91.1 cm³/mol. The molecule has 0 bridgehead atoms. The summed E-state index contributed by atoms with van der Waals surface area (Å²) in [6.45, 7) is 1.29. The van der Waals surface area contributed by atoms with Crippen LogP contribution in [0.1, 0.15) is 0 Å². The molecular formula is C18H22N2O3. The molecule has 2 aromatic rings. The van der Waals surface area contributed by atoms with Gasteiger partial charge in [0.15, 0.2) is 0 Å². The molecule has 2 rings (SSSR count). The number of anilines is 1. The van der Waals surface area contributed by atoms with Crippen LogP contribution in [0.5, 0.6) is 11.5 Å². The number of hydrogen-bond donors (Lipinski definition) is 1. The Bertz CT molecular complexity index is 597. The van der Waals surface area contributed by atoms with Crippen LogP contribution in [0.3, 0.4) is 0 Å². The zero-order valence-electron chi connectivity index (χ0n) is 13.5. The molecule has 0 aliphatic heterocycles. The Hall–Kier alpha value is -2.53. The van der Waals surface area contributed by atoms with Gasteiger partial charge in [-0.1, -0.05) is 18.2 Å². The van der Waals surface area contributed by atoms with Gasteiger partial charge in [0.1, 0.15) is 24.7 Å². The van der Waals surface area contributed by atoms with Gasteiger partial charge in [0, 0.05) is 5.69 Å². The highest BCUT2D eigenvalue weighted by Gasteiger charge is 2.03. The Kier molecular flexibility index (Phi) is 6.44. The van der Waals surface area contributed by atoms with E-state index in [1.807, 2.05) is 73.6 Å². The highest BCUT2D eigenvalue weighted by Crippen LogP contribution is 2.16. The maximum atomic E-state index is 11.7. The van der Waals surface area contributed by atoms with Crippen molar-refractivity contribution in [2.45, 2.75) is 0 Å². The Morgan fingerprint density at radius 2 is 1.48 bits per heavy atom. The normalized spacial score (nSPS) is 10.4. The molecule has 0 unspecified atom stereocenters. The smallest absolute Gasteiger partial charge is 0.238 e. The Balaban J connectivity index is 1.71. The predicted octanol–water partition coefficient (Wildman–Crippen LogP) is 2.64. The first-order valence-electron chi connectivity index (χ1n) is 7.49. The SMILES string of the molecule is CN(C)CC(=O)Nc1ccc(OCCOc2ccccc2)cc1. The van der Waals surface area contributed by atoms with Crippen molar-refractivity contribution in [3.8, 4) is 11.5 Å². The van der Waals surface area contributed by atoms with Crippen LogP contribution in [0.2, 0.25) is 0 Å². The maximum absolute atomic E-state index is 11.7. The van der Waals surface area contributed by atoms with Crippen LogP contribution in [0.4, 0.5) is 5.69 Å². The van der Waals surface area contributed by atoms with E-state index >= 15 is 0 Å². The van der Waals surface area contributed by atoms with E-state index < -0.39 is 0 Å². The molecule has 0 spiro atoms. The Labute approximate surface area is 136 Å². The van der Waals surface area contributed by atoms with Crippen molar-refractivity contribution in [3.05, 3.63) is 54.6 Å². The first-order chi connectivity index (χ1) is 11.1. The van der Waals surface area contributed by atoms with Crippen molar-refractivity contribution in [1.29, 1.82) is 0 Å². The lowest BCUT2D eigenvalue weighted by atomic mass is 10.3. The molecular weight excluding hydrogens is 292 g/mol. The number of likely N-dealkylation sites (N-methyl/N-ethyl adjacent to an activating group) is 1. The van der Waals surface area contributed by atoms with Gasteiger partial charge >= 0.3 is 0 Å². The van der Waals surface area contributed by atoms with E-state index in [4.69, 9.17) is 9.47 Å². The Morgan fingerprint density at radius 3 is 2.04 bits per heavy atom. The number of nitrogens with one attached hydrogen (secondary N) is 1. The van der Waals surface area contributed by atoms with E-state index in [-0.39, 0.29) is 5.91 Å². The second-order valence-corrected chi connectivity index (χ2v) is 5.32. The highest BCUT2D eigenvalue weighted by atomic mass is 16.5. The highest BCUT2D eigenvalue weighted by molar-refractivity contribution is 5.92. The number of carbonyl (C=O) groups excluding carboxylic acids is 1. The monoisotopic (exact) mass is 314 g/mol. The quantitative estimate of drug-likeness (QED) is 0.761. The van der Waals surface area contributed by atoms with Crippen LogP contribution in [0.25, 0.3) is 0 Å². The molecule has 0 fully saturated rings. The Morgan fingerprint density at radius 1 is 0.913 bits per heavy atom. The third-order valence-corrected chi connectivity index (χ3v) is 2.96. The van der Waals surface area contributed by atoms with Crippen molar-refractivity contribution in [2.75, 3.05) is 39.2 Å². The van der Waals surface area contributed by atoms with Crippen LogP contribution >= 0.6 is 0 Å². The molecule has 0 saturated carbocycles. The zero-order chi connectivity index (χ0) is 16.5. The van der Waals surface area contributed by atoms with Crippen LogP contribution < -0.4 is 14.8 Å². The lowest BCUT2D eigenvalue weighted by Gasteiger charge is -2.11. The number of hydrogen-bond acceptors (Lipinski definition) is 4. The van der Waals surface area contributed by atoms with Crippen molar-refractivity contribution in [1.82, 2.24) is 4.90 Å². The molecule has 5 heteroatoms. The third-order valence-electron chi connectivity index (χ3n) is 2.96. The summed E-state index contributed by atoms with van der Waals surface area (Å²) in [5, 5.41) is 2.83. The fraction of sp³-hybridized carbons (Fsp3) is 0.278. The van der Waals surface area contributed by atoms with E-state index in [1.165, 1.54) is 0 Å². The molecule has 5 nitrogen and oxygen atoms in total. The van der Waals surface area contributed by atoms with E-state index in [2.05, 4.69) is 5.32 Å². The summed E-state index contributed by atoms with van der Waals surface area (Å²) in [5.74, 6) is 1.53. The summed E-state index contributed by atoms with van der Waals surface area (Å²) < 4.78 is 11.2. The summed E-state index contributed by atoms with van der Waals surface area (Å²) >= 11 is 0. The standard InChI is InChI=1S/C18H22N2O3/c1-20(2)14-18(21)19-15-8-10-17(11-9-15)23-13-12-22-16-6-4-3-5-7-16/h3-11H,12-14H2,1-2H3,(H,19,21). The largest absolute Gasteiger partial charge is 0.490 e. The van der Waals surface area contributed by atoms with Gasteiger partial charge in [0.2, 0.25) is 5.91 Å². The topological polar surface area (TPSA) is 50.8 Å². The van der Waals surface area contributed by atoms with Gasteiger partial charge in [-0.3, -0.25) is 4.79 Å². The van der Waals surface area contributed by atoms with Crippen LogP contribution in [0.15, 0.2) is 54.6 Å². The van der Waals surface area contributed by atoms with Crippen molar-refractivity contribution in [2.24, 2.45) is 0 Å². The van der Waals surface area contributed by atoms with Crippen LogP contribution in [-0.4, -0.2) is 44.7 Å². The molecule has 0 atom stereocenters. The number of ether oxygens (including phenoxy) is 2. The van der Waals surface area contributed by atoms with Gasteiger partial charge in [0.25, 0.3) is 0 Å². The maximum Gasteiger partial charge on any atom is 0.238 e. The van der Waals surface area contributed by atoms with Crippen molar-refractivity contribution < 1.29 is 14.3 Å². The number of amides is 1. The van der Waals surface area contributed by atoms with Crippen molar-refractivity contribution >= 4 is 11.6 Å². The lowest BCUT2D eigenvalue weighted by Crippen LogP contribution is -2.27. The van der Waals surface area contributed by atoms with Gasteiger partial charge in [0.05, 0.1) is 6.54 Å². The number of rotatable bonds is 8. The molecule has 0 aromatic heterocycles. The average Bonchev–Trinajstić information content (AvgIpc) is 2.53. The molecule has 0 aliphatic rings. The first-order valence-corrected chi connectivity index (χ1v) is 7.49. The summed E-state index contributed by atoms with van der Waals surface area (Å²) in [4.78, 5) is 13.5. The molecule has 0 radical (unpaired) electrons. The van der Waals surface area contributed by atoms with Gasteiger partial charge in [-0.05, 0) is 50.5 Å². The molecule has 0 saturated heterocycles. The minimum Gasteiger partial charge on any atom is -0.490 e. The fourth-order valence-electron chi connectivity index (χ4n) is 1.96. The van der Waals surface area contributed by atoms with Crippen LogP contribution in [0, 0.1) is 0 Å². The number of carbonyl (C=O) groups is 1. The summed E-state index contributed by atoms with van der Waals surface area (Å²) in [5.41, 5.74) is 0.754. The van der Waals surface area contributed by atoms with E-state index in [9.17, 15) is 4.79 Å². The third kappa shape index (κ3) is 6.40. The minimum atomic E-state index is -0.0417. The molecule has 0 heterocycles. The van der Waals surface area contributed by atoms with E-state index in [1.54, 1.807) is 0 Å². The number of benzene rings is 2. The molecule has 1 N–H and O–H groups in total. The number of para-hydroxylation sites is 1. The first kappa shape index (κ1) is 16.8. The fourth-order valence-corrected chi connectivity index (χ4v) is 1.96. The van der Waals surface area contributed by atoms with Gasteiger partial charge < -0.3 is 19.7 Å². The molecule has 0 aliphatic carbocycles. The van der Waals surface area contributed by atoms with Gasteiger partial charge in [-0.15, -0.1) is 0 Å². The second kappa shape index (κ2) is 8.80.